The van der Waals surface area contributed by atoms with Crippen LogP contribution in [-0.2, 0) is 19.9 Å². The van der Waals surface area contributed by atoms with E-state index in [1.165, 1.54) is 42.5 Å². The number of pyridine rings is 1. The van der Waals surface area contributed by atoms with Crippen molar-refractivity contribution < 1.29 is 38.7 Å². The maximum atomic E-state index is 13.9. The maximum absolute atomic E-state index is 13.9. The summed E-state index contributed by atoms with van der Waals surface area (Å²) in [5.41, 5.74) is 3.82. The summed E-state index contributed by atoms with van der Waals surface area (Å²) in [6.07, 6.45) is 1.98. The number of fused-ring (bicyclic) bond motifs is 6. The number of esters is 1. The number of aliphatic imine (C=N–C) groups is 1. The lowest BCUT2D eigenvalue weighted by molar-refractivity contribution is -0.142. The Labute approximate surface area is 313 Å². The molecular formula is C40H33ClFN5O7. The van der Waals surface area contributed by atoms with E-state index in [1.807, 2.05) is 12.1 Å². The average Bonchev–Trinajstić information content (AvgIpc) is 3.44. The summed E-state index contributed by atoms with van der Waals surface area (Å²) >= 11 is 6.44. The summed E-state index contributed by atoms with van der Waals surface area (Å²) < 4.78 is 32.0. The van der Waals surface area contributed by atoms with Crippen molar-refractivity contribution in [3.05, 3.63) is 153 Å². The number of carbonyl (C=O) groups is 1. The molecule has 6 N–H and O–H groups in total. The first-order valence-electron chi connectivity index (χ1n) is 17.0. The van der Waals surface area contributed by atoms with E-state index in [0.717, 1.165) is 5.56 Å². The molecule has 3 aliphatic heterocycles. The van der Waals surface area contributed by atoms with E-state index in [1.54, 1.807) is 49.6 Å². The largest absolute Gasteiger partial charge is 0.508 e. The second-order valence-electron chi connectivity index (χ2n) is 12.9. The molecule has 0 radical (unpaired) electrons. The molecule has 54 heavy (non-hydrogen) atoms. The zero-order chi connectivity index (χ0) is 37.6. The number of phenolic OH excluding ortho intramolecular Hbond substituents is 2. The van der Waals surface area contributed by atoms with Crippen molar-refractivity contribution in [3.8, 4) is 23.0 Å². The fraction of sp³-hybridized carbons (Fsp3) is 0.175. The molecule has 0 aliphatic carbocycles. The summed E-state index contributed by atoms with van der Waals surface area (Å²) in [7, 11) is 0. The van der Waals surface area contributed by atoms with Gasteiger partial charge in [0.1, 0.15) is 47.3 Å². The predicted molar refractivity (Wildman–Crippen MR) is 197 cm³/mol. The molecule has 274 valence electrons. The Kier molecular flexibility index (Phi) is 9.16. The van der Waals surface area contributed by atoms with E-state index < -0.39 is 29.7 Å². The first-order chi connectivity index (χ1) is 26.1. The molecule has 12 nitrogen and oxygen atoms in total. The fourth-order valence-corrected chi connectivity index (χ4v) is 7.31. The lowest BCUT2D eigenvalue weighted by Gasteiger charge is -2.37. The minimum absolute atomic E-state index is 0.00453. The van der Waals surface area contributed by atoms with Crippen LogP contribution in [0.1, 0.15) is 52.6 Å². The van der Waals surface area contributed by atoms with E-state index >= 15 is 0 Å². The summed E-state index contributed by atoms with van der Waals surface area (Å²) in [5.74, 6) is 0.0697. The quantitative estimate of drug-likeness (QED) is 0.0571. The van der Waals surface area contributed by atoms with E-state index in [0.29, 0.717) is 69.7 Å². The van der Waals surface area contributed by atoms with Gasteiger partial charge >= 0.3 is 5.97 Å². The highest BCUT2D eigenvalue weighted by Crippen LogP contribution is 2.59. The molecule has 0 bridgehead atoms. The van der Waals surface area contributed by atoms with Gasteiger partial charge in [0.25, 0.3) is 0 Å². The third kappa shape index (κ3) is 6.26. The molecule has 1 spiro atoms. The molecule has 3 aliphatic rings. The number of nitrogens with zero attached hydrogens (tertiary/aromatic N) is 2. The number of benzene rings is 4. The van der Waals surface area contributed by atoms with Crippen LogP contribution in [0.15, 0.2) is 114 Å². The van der Waals surface area contributed by atoms with Crippen molar-refractivity contribution in [3.63, 3.8) is 0 Å². The van der Waals surface area contributed by atoms with Crippen LogP contribution in [0.4, 0.5) is 10.1 Å². The molecule has 4 heterocycles. The van der Waals surface area contributed by atoms with Crippen LogP contribution in [-0.4, -0.2) is 51.9 Å². The van der Waals surface area contributed by atoms with E-state index in [4.69, 9.17) is 30.8 Å². The number of aliphatic hydroxyl groups is 1. The minimum atomic E-state index is -1.29. The van der Waals surface area contributed by atoms with Crippen LogP contribution in [0.3, 0.4) is 0 Å². The van der Waals surface area contributed by atoms with Crippen molar-refractivity contribution in [1.82, 2.24) is 15.6 Å². The van der Waals surface area contributed by atoms with Gasteiger partial charge in [-0.3, -0.25) is 15.3 Å². The van der Waals surface area contributed by atoms with Crippen molar-refractivity contribution in [2.45, 2.75) is 24.9 Å². The third-order valence-electron chi connectivity index (χ3n) is 9.50. The summed E-state index contributed by atoms with van der Waals surface area (Å²) in [6.45, 7) is 2.38. The van der Waals surface area contributed by atoms with Crippen molar-refractivity contribution in [2.24, 2.45) is 4.99 Å². The van der Waals surface area contributed by atoms with Crippen LogP contribution >= 0.6 is 11.6 Å². The maximum Gasteiger partial charge on any atom is 0.338 e. The fourth-order valence-electron chi connectivity index (χ4n) is 7.04. The Morgan fingerprint density at radius 1 is 0.944 bits per heavy atom. The van der Waals surface area contributed by atoms with Crippen LogP contribution in [0, 0.1) is 5.82 Å². The van der Waals surface area contributed by atoms with Gasteiger partial charge in [-0.05, 0) is 67.6 Å². The number of halogens is 2. The number of hydrogen-bond acceptors (Lipinski definition) is 12. The van der Waals surface area contributed by atoms with Crippen molar-refractivity contribution in [1.29, 1.82) is 0 Å². The molecule has 0 saturated heterocycles. The molecule has 14 heteroatoms. The van der Waals surface area contributed by atoms with Crippen molar-refractivity contribution >= 4 is 29.1 Å². The molecule has 1 aromatic heterocycles. The number of aromatic hydroxyl groups is 2. The Bertz CT molecular complexity index is 2300. The SMILES string of the molecule is CC1=C(C(=O)OCCNCNc2ccc3c(c2)C(O)OC32c3ccc(O)cc3Oc3cc(O)ccc32)C(c2ccc(F)cc2Cl)N=C(c2ccncc2)N1. The van der Waals surface area contributed by atoms with Crippen LogP contribution in [0.5, 0.6) is 23.0 Å². The average molecular weight is 750 g/mol. The zero-order valence-corrected chi connectivity index (χ0v) is 29.4. The molecule has 2 unspecified atom stereocenters. The van der Waals surface area contributed by atoms with E-state index in [9.17, 15) is 24.5 Å². The molecule has 8 rings (SSSR count). The van der Waals surface area contributed by atoms with Crippen LogP contribution in [0.2, 0.25) is 5.02 Å². The molecule has 4 aromatic carbocycles. The van der Waals surface area contributed by atoms with E-state index in [-0.39, 0.29) is 28.7 Å². The number of aromatic nitrogens is 1. The number of allylic oxidation sites excluding steroid dienone is 1. The third-order valence-corrected chi connectivity index (χ3v) is 9.82. The summed E-state index contributed by atoms with van der Waals surface area (Å²) in [4.78, 5) is 22.3. The number of amidine groups is 1. The number of hydrogen-bond donors (Lipinski definition) is 6. The smallest absolute Gasteiger partial charge is 0.338 e. The number of carbonyl (C=O) groups excluding carboxylic acids is 1. The second kappa shape index (κ2) is 14.1. The normalized spacial score (nSPS) is 17.8. The molecule has 5 aromatic rings. The number of aliphatic hydroxyl groups excluding tert-OH is 1. The Morgan fingerprint density at radius 3 is 2.35 bits per heavy atom. The zero-order valence-electron chi connectivity index (χ0n) is 28.6. The van der Waals surface area contributed by atoms with Gasteiger partial charge in [0.15, 0.2) is 11.9 Å². The number of rotatable bonds is 9. The van der Waals surface area contributed by atoms with Gasteiger partial charge in [0.05, 0.1) is 12.2 Å². The number of phenols is 2. The Hall–Kier alpha value is -5.99. The monoisotopic (exact) mass is 749 g/mol. The summed E-state index contributed by atoms with van der Waals surface area (Å²) in [5, 5.41) is 41.3. The van der Waals surface area contributed by atoms with Gasteiger partial charge in [0.2, 0.25) is 0 Å². The van der Waals surface area contributed by atoms with Gasteiger partial charge in [-0.2, -0.15) is 0 Å². The Morgan fingerprint density at radius 2 is 1.65 bits per heavy atom. The number of anilines is 1. The lowest BCUT2D eigenvalue weighted by Crippen LogP contribution is -2.33. The molecular weight excluding hydrogens is 717 g/mol. The van der Waals surface area contributed by atoms with Gasteiger partial charge < -0.3 is 40.2 Å². The van der Waals surface area contributed by atoms with Crippen molar-refractivity contribution in [2.75, 3.05) is 25.1 Å². The Balaban J connectivity index is 0.931. The number of ether oxygens (including phenoxy) is 3. The second-order valence-corrected chi connectivity index (χ2v) is 13.3. The molecule has 0 fully saturated rings. The first kappa shape index (κ1) is 35.1. The first-order valence-corrected chi connectivity index (χ1v) is 17.4. The molecule has 2 atom stereocenters. The van der Waals surface area contributed by atoms with Gasteiger partial charge in [0, 0.05) is 80.9 Å². The van der Waals surface area contributed by atoms with Crippen LogP contribution in [0.25, 0.3) is 0 Å². The van der Waals surface area contributed by atoms with E-state index in [2.05, 4.69) is 20.9 Å². The topological polar surface area (TPSA) is 167 Å². The highest BCUT2D eigenvalue weighted by molar-refractivity contribution is 6.31. The lowest BCUT2D eigenvalue weighted by atomic mass is 9.77. The predicted octanol–water partition coefficient (Wildman–Crippen LogP) is 6.27. The van der Waals surface area contributed by atoms with Gasteiger partial charge in [-0.1, -0.05) is 23.7 Å². The minimum Gasteiger partial charge on any atom is -0.508 e. The summed E-state index contributed by atoms with van der Waals surface area (Å²) in [6, 6.07) is 21.6. The molecule has 0 saturated carbocycles. The molecule has 0 amide bonds. The van der Waals surface area contributed by atoms with Gasteiger partial charge in [-0.25, -0.2) is 9.18 Å². The number of nitrogens with one attached hydrogen (secondary N) is 3. The standard InChI is InChI=1S/C40H33ClFN5O7/c1-21-35(36(27-6-2-23(42)16-32(27)41)47-37(46-21)22-10-12-43-13-11-22)39(51)52-15-14-44-20-45-24-3-7-29-28(17-24)38(50)54-40(29)30-8-4-25(48)18-33(30)53-34-19-26(49)5-9-31(34)40/h2-13,16-19,36,38,44-45,48-50H,14-15,20H2,1H3,(H,46,47). The highest BCUT2D eigenvalue weighted by atomic mass is 35.5. The van der Waals surface area contributed by atoms with Gasteiger partial charge in [-0.15, -0.1) is 0 Å². The highest BCUT2D eigenvalue weighted by Gasteiger charge is 2.52. The van der Waals surface area contributed by atoms with Crippen LogP contribution < -0.4 is 20.7 Å².